The van der Waals surface area contributed by atoms with Gasteiger partial charge < -0.3 is 10.0 Å². The van der Waals surface area contributed by atoms with Crippen LogP contribution in [0.2, 0.25) is 0 Å². The van der Waals surface area contributed by atoms with Gasteiger partial charge in [-0.15, -0.1) is 0 Å². The molecule has 1 N–H and O–H groups in total. The molecular weight excluding hydrogens is 164 g/mol. The molecule has 1 rings (SSSR count). The van der Waals surface area contributed by atoms with Crippen molar-refractivity contribution in [3.8, 4) is 6.07 Å². The third kappa shape index (κ3) is 3.75. The average molecular weight is 182 g/mol. The summed E-state index contributed by atoms with van der Waals surface area (Å²) >= 11 is 0. The Morgan fingerprint density at radius 3 is 3.08 bits per heavy atom. The van der Waals surface area contributed by atoms with Gasteiger partial charge in [0.1, 0.15) is 0 Å². The lowest BCUT2D eigenvalue weighted by molar-refractivity contribution is 0.120. The van der Waals surface area contributed by atoms with Crippen LogP contribution in [0.5, 0.6) is 0 Å². The van der Waals surface area contributed by atoms with E-state index in [0.717, 1.165) is 32.5 Å². The van der Waals surface area contributed by atoms with Crippen LogP contribution < -0.4 is 0 Å². The highest BCUT2D eigenvalue weighted by Gasteiger charge is 2.18. The summed E-state index contributed by atoms with van der Waals surface area (Å²) in [4.78, 5) is 2.36. The lowest BCUT2D eigenvalue weighted by atomic mass is 9.99. The number of aliphatic hydroxyl groups is 1. The monoisotopic (exact) mass is 182 g/mol. The minimum Gasteiger partial charge on any atom is -0.396 e. The zero-order valence-corrected chi connectivity index (χ0v) is 8.08. The van der Waals surface area contributed by atoms with Crippen LogP contribution in [0.3, 0.4) is 0 Å². The molecule has 1 fully saturated rings. The molecule has 0 radical (unpaired) electrons. The summed E-state index contributed by atoms with van der Waals surface area (Å²) in [6.45, 7) is 3.49. The molecule has 1 aliphatic rings. The van der Waals surface area contributed by atoms with Gasteiger partial charge in [0.2, 0.25) is 0 Å². The van der Waals surface area contributed by atoms with Gasteiger partial charge in [-0.2, -0.15) is 5.26 Å². The first-order chi connectivity index (χ1) is 6.36. The lowest BCUT2D eigenvalue weighted by Gasteiger charge is -2.31. The number of piperidine rings is 1. The molecule has 0 aliphatic carbocycles. The van der Waals surface area contributed by atoms with Crippen molar-refractivity contribution in [2.75, 3.05) is 26.2 Å². The van der Waals surface area contributed by atoms with Crippen molar-refractivity contribution in [1.29, 1.82) is 5.26 Å². The Bertz CT molecular complexity index is 176. The highest BCUT2D eigenvalue weighted by atomic mass is 16.3. The molecule has 1 saturated heterocycles. The van der Waals surface area contributed by atoms with Crippen LogP contribution in [0.15, 0.2) is 0 Å². The first-order valence-corrected chi connectivity index (χ1v) is 5.07. The fourth-order valence-electron chi connectivity index (χ4n) is 1.89. The van der Waals surface area contributed by atoms with E-state index in [-0.39, 0.29) is 0 Å². The Morgan fingerprint density at radius 1 is 1.54 bits per heavy atom. The second-order valence-electron chi connectivity index (χ2n) is 3.75. The molecule has 0 saturated carbocycles. The van der Waals surface area contributed by atoms with Crippen molar-refractivity contribution in [2.45, 2.75) is 25.7 Å². The lowest BCUT2D eigenvalue weighted by Crippen LogP contribution is -2.37. The van der Waals surface area contributed by atoms with E-state index in [2.05, 4.69) is 11.0 Å². The predicted octanol–water partition coefficient (Wildman–Crippen LogP) is 0.994. The number of unbranched alkanes of at least 4 members (excludes halogenated alkanes) is 1. The van der Waals surface area contributed by atoms with Crippen molar-refractivity contribution < 1.29 is 5.11 Å². The van der Waals surface area contributed by atoms with E-state index in [1.807, 2.05) is 0 Å². The van der Waals surface area contributed by atoms with Crippen molar-refractivity contribution in [3.05, 3.63) is 0 Å². The third-order valence-electron chi connectivity index (χ3n) is 2.62. The standard InChI is InChI=1S/C10H18N2O/c11-5-1-2-6-12-7-3-4-10(8-12)9-13/h10,13H,1-4,6-9H2/t10-/m1/s1. The Hall–Kier alpha value is -0.590. The molecule has 1 heterocycles. The van der Waals surface area contributed by atoms with E-state index in [4.69, 9.17) is 10.4 Å². The van der Waals surface area contributed by atoms with E-state index >= 15 is 0 Å². The Morgan fingerprint density at radius 2 is 2.38 bits per heavy atom. The summed E-state index contributed by atoms with van der Waals surface area (Å²) in [6, 6.07) is 2.16. The fraction of sp³-hybridized carbons (Fsp3) is 0.900. The van der Waals surface area contributed by atoms with E-state index in [9.17, 15) is 0 Å². The largest absolute Gasteiger partial charge is 0.396 e. The van der Waals surface area contributed by atoms with E-state index < -0.39 is 0 Å². The predicted molar refractivity (Wildman–Crippen MR) is 51.1 cm³/mol. The number of aliphatic hydroxyl groups excluding tert-OH is 1. The van der Waals surface area contributed by atoms with Crippen LogP contribution in [-0.2, 0) is 0 Å². The highest BCUT2D eigenvalue weighted by Crippen LogP contribution is 2.15. The number of nitriles is 1. The molecule has 0 aromatic rings. The van der Waals surface area contributed by atoms with Crippen molar-refractivity contribution >= 4 is 0 Å². The maximum absolute atomic E-state index is 9.00. The van der Waals surface area contributed by atoms with Crippen LogP contribution in [-0.4, -0.2) is 36.2 Å². The van der Waals surface area contributed by atoms with Crippen LogP contribution in [0.4, 0.5) is 0 Å². The van der Waals surface area contributed by atoms with Crippen LogP contribution in [0.25, 0.3) is 0 Å². The molecular formula is C10H18N2O. The molecule has 0 unspecified atom stereocenters. The van der Waals surface area contributed by atoms with Gasteiger partial charge in [-0.1, -0.05) is 0 Å². The zero-order chi connectivity index (χ0) is 9.52. The molecule has 0 aromatic carbocycles. The topological polar surface area (TPSA) is 47.3 Å². The third-order valence-corrected chi connectivity index (χ3v) is 2.62. The van der Waals surface area contributed by atoms with Crippen molar-refractivity contribution in [3.63, 3.8) is 0 Å². The van der Waals surface area contributed by atoms with Gasteiger partial charge in [-0.25, -0.2) is 0 Å². The maximum atomic E-state index is 9.00. The number of likely N-dealkylation sites (tertiary alicyclic amines) is 1. The summed E-state index contributed by atoms with van der Waals surface area (Å²) in [5, 5.41) is 17.4. The van der Waals surface area contributed by atoms with E-state index in [0.29, 0.717) is 18.9 Å². The van der Waals surface area contributed by atoms with Crippen LogP contribution in [0.1, 0.15) is 25.7 Å². The minimum absolute atomic E-state index is 0.314. The van der Waals surface area contributed by atoms with E-state index in [1.165, 1.54) is 6.42 Å². The fourth-order valence-corrected chi connectivity index (χ4v) is 1.89. The SMILES string of the molecule is N#CCCCN1CCC[C@@H](CO)C1. The van der Waals surface area contributed by atoms with Crippen molar-refractivity contribution in [1.82, 2.24) is 4.90 Å². The summed E-state index contributed by atoms with van der Waals surface area (Å²) in [7, 11) is 0. The number of rotatable bonds is 4. The van der Waals surface area contributed by atoms with Gasteiger partial charge in [0, 0.05) is 19.6 Å². The molecule has 0 bridgehead atoms. The normalized spacial score (nSPS) is 24.2. The van der Waals surface area contributed by atoms with Gasteiger partial charge in [0.25, 0.3) is 0 Å². The summed E-state index contributed by atoms with van der Waals surface area (Å²) < 4.78 is 0. The smallest absolute Gasteiger partial charge is 0.0622 e. The first kappa shape index (κ1) is 10.5. The summed E-state index contributed by atoms with van der Waals surface area (Å²) in [6.07, 6.45) is 3.97. The molecule has 0 amide bonds. The van der Waals surface area contributed by atoms with Crippen molar-refractivity contribution in [2.24, 2.45) is 5.92 Å². The molecule has 3 nitrogen and oxygen atoms in total. The molecule has 13 heavy (non-hydrogen) atoms. The van der Waals surface area contributed by atoms with E-state index in [1.54, 1.807) is 0 Å². The second-order valence-corrected chi connectivity index (χ2v) is 3.75. The Labute approximate surface area is 80.0 Å². The minimum atomic E-state index is 0.314. The maximum Gasteiger partial charge on any atom is 0.0622 e. The van der Waals surface area contributed by atoms with Crippen LogP contribution in [0, 0.1) is 17.2 Å². The van der Waals surface area contributed by atoms with Gasteiger partial charge in [-0.05, 0) is 38.3 Å². The van der Waals surface area contributed by atoms with Gasteiger partial charge in [-0.3, -0.25) is 0 Å². The molecule has 0 aromatic heterocycles. The van der Waals surface area contributed by atoms with Crippen LogP contribution >= 0.6 is 0 Å². The quantitative estimate of drug-likeness (QED) is 0.660. The molecule has 1 aliphatic heterocycles. The Kier molecular flexibility index (Phi) is 4.81. The number of hydrogen-bond donors (Lipinski definition) is 1. The average Bonchev–Trinajstić information content (AvgIpc) is 2.19. The molecule has 74 valence electrons. The van der Waals surface area contributed by atoms with Gasteiger partial charge in [0.15, 0.2) is 0 Å². The second kappa shape index (κ2) is 5.95. The van der Waals surface area contributed by atoms with Gasteiger partial charge >= 0.3 is 0 Å². The number of hydrogen-bond acceptors (Lipinski definition) is 3. The Balaban J connectivity index is 2.15. The zero-order valence-electron chi connectivity index (χ0n) is 8.08. The summed E-state index contributed by atoms with van der Waals surface area (Å²) in [5.74, 6) is 0.468. The molecule has 3 heteroatoms. The highest BCUT2D eigenvalue weighted by molar-refractivity contribution is 4.74. The van der Waals surface area contributed by atoms with Gasteiger partial charge in [0.05, 0.1) is 6.07 Å². The first-order valence-electron chi connectivity index (χ1n) is 5.07. The molecule has 0 spiro atoms. The summed E-state index contributed by atoms with van der Waals surface area (Å²) in [5.41, 5.74) is 0. The number of nitrogens with zero attached hydrogens (tertiary/aromatic N) is 2. The molecule has 1 atom stereocenters.